The van der Waals surface area contributed by atoms with Crippen LogP contribution in [-0.4, -0.2) is 36.4 Å². The Morgan fingerprint density at radius 3 is 2.65 bits per heavy atom. The molecule has 0 aliphatic carbocycles. The molecule has 3 aromatic rings. The van der Waals surface area contributed by atoms with E-state index in [4.69, 9.17) is 5.14 Å². The van der Waals surface area contributed by atoms with Crippen LogP contribution in [0.15, 0.2) is 47.4 Å². The van der Waals surface area contributed by atoms with E-state index in [1.807, 2.05) is 31.2 Å². The van der Waals surface area contributed by atoms with Crippen LogP contribution < -0.4 is 10.5 Å². The van der Waals surface area contributed by atoms with Crippen molar-refractivity contribution in [3.8, 4) is 5.69 Å². The van der Waals surface area contributed by atoms with Crippen LogP contribution in [0, 0.1) is 12.7 Å². The quantitative estimate of drug-likeness (QED) is 0.464. The highest BCUT2D eigenvalue weighted by atomic mass is 32.2. The zero-order chi connectivity index (χ0) is 22.4. The Labute approximate surface area is 180 Å². The first kappa shape index (κ1) is 23.0. The van der Waals surface area contributed by atoms with E-state index in [2.05, 4.69) is 15.4 Å². The van der Waals surface area contributed by atoms with Gasteiger partial charge in [-0.15, -0.1) is 5.10 Å². The van der Waals surface area contributed by atoms with E-state index >= 15 is 0 Å². The van der Waals surface area contributed by atoms with Gasteiger partial charge in [-0.3, -0.25) is 4.39 Å². The fourth-order valence-electron chi connectivity index (χ4n) is 3.16. The Kier molecular flexibility index (Phi) is 7.47. The van der Waals surface area contributed by atoms with Gasteiger partial charge in [-0.1, -0.05) is 29.8 Å². The Bertz CT molecular complexity index is 1150. The number of aromatic nitrogens is 3. The molecule has 10 heteroatoms. The number of sulfonamides is 1. The Morgan fingerprint density at radius 1 is 1.16 bits per heavy atom. The predicted molar refractivity (Wildman–Crippen MR) is 114 cm³/mol. The maximum atomic E-state index is 14.8. The van der Waals surface area contributed by atoms with E-state index in [9.17, 15) is 17.2 Å². The van der Waals surface area contributed by atoms with Gasteiger partial charge < -0.3 is 5.32 Å². The number of alkyl halides is 1. The molecule has 0 amide bonds. The second kappa shape index (κ2) is 10.1. The summed E-state index contributed by atoms with van der Waals surface area (Å²) in [4.78, 5) is 4.23. The first-order valence-corrected chi connectivity index (χ1v) is 11.4. The van der Waals surface area contributed by atoms with E-state index in [0.717, 1.165) is 17.2 Å². The number of nitrogens with one attached hydrogen (secondary N) is 1. The number of nitrogens with two attached hydrogens (primary N) is 1. The third kappa shape index (κ3) is 6.16. The number of benzene rings is 2. The molecule has 166 valence electrons. The van der Waals surface area contributed by atoms with Crippen molar-refractivity contribution in [1.82, 2.24) is 20.1 Å². The molecule has 0 saturated heterocycles. The minimum absolute atomic E-state index is 0.0752. The number of primary sulfonamides is 1. The summed E-state index contributed by atoms with van der Waals surface area (Å²) in [6.07, 6.45) is 1.58. The van der Waals surface area contributed by atoms with Gasteiger partial charge in [0, 0.05) is 6.42 Å². The summed E-state index contributed by atoms with van der Waals surface area (Å²) in [6.45, 7) is 2.58. The summed E-state index contributed by atoms with van der Waals surface area (Å²) in [5.74, 6) is 0.190. The van der Waals surface area contributed by atoms with Crippen LogP contribution in [0.4, 0.5) is 8.78 Å². The van der Waals surface area contributed by atoms with Gasteiger partial charge >= 0.3 is 0 Å². The number of unbranched alkanes of at least 4 members (excludes halogenated alkanes) is 1. The summed E-state index contributed by atoms with van der Waals surface area (Å²) in [5.41, 5.74) is 2.14. The van der Waals surface area contributed by atoms with Crippen molar-refractivity contribution in [3.63, 3.8) is 0 Å². The predicted octanol–water partition coefficient (Wildman–Crippen LogP) is 2.79. The summed E-state index contributed by atoms with van der Waals surface area (Å²) < 4.78 is 51.4. The van der Waals surface area contributed by atoms with Crippen LogP contribution in [0.1, 0.15) is 35.6 Å². The molecule has 0 aliphatic rings. The van der Waals surface area contributed by atoms with Crippen molar-refractivity contribution in [2.45, 2.75) is 37.6 Å². The van der Waals surface area contributed by atoms with Gasteiger partial charge in [0.05, 0.1) is 18.1 Å². The molecule has 0 unspecified atom stereocenters. The van der Waals surface area contributed by atoms with Crippen molar-refractivity contribution in [1.29, 1.82) is 0 Å². The fourth-order valence-corrected chi connectivity index (χ4v) is 3.69. The van der Waals surface area contributed by atoms with Crippen LogP contribution in [0.5, 0.6) is 0 Å². The SMILES string of the molecule is Cc1cccc(Cc2nc(CNCCCCF)nn2-c2ccc(S(N)(=O)=O)cc2F)c1. The van der Waals surface area contributed by atoms with E-state index in [-0.39, 0.29) is 17.3 Å². The third-order valence-corrected chi connectivity index (χ3v) is 5.57. The molecule has 0 radical (unpaired) electrons. The summed E-state index contributed by atoms with van der Waals surface area (Å²) in [5, 5.41) is 12.7. The fraction of sp³-hybridized carbons (Fsp3) is 0.333. The summed E-state index contributed by atoms with van der Waals surface area (Å²) in [6, 6.07) is 11.3. The maximum absolute atomic E-state index is 14.8. The number of aryl methyl sites for hydroxylation is 1. The van der Waals surface area contributed by atoms with E-state index in [0.29, 0.717) is 44.0 Å². The van der Waals surface area contributed by atoms with E-state index in [1.54, 1.807) is 0 Å². The normalized spacial score (nSPS) is 11.7. The molecule has 1 aromatic heterocycles. The van der Waals surface area contributed by atoms with Crippen LogP contribution >= 0.6 is 0 Å². The van der Waals surface area contributed by atoms with Gasteiger partial charge in [-0.2, -0.15) is 0 Å². The molecule has 3 rings (SSSR count). The van der Waals surface area contributed by atoms with Crippen molar-refractivity contribution < 1.29 is 17.2 Å². The number of halogens is 2. The highest BCUT2D eigenvalue weighted by Gasteiger charge is 2.18. The monoisotopic (exact) mass is 449 g/mol. The van der Waals surface area contributed by atoms with Crippen LogP contribution in [0.3, 0.4) is 0 Å². The lowest BCUT2D eigenvalue weighted by molar-refractivity contribution is 0.454. The molecular weight excluding hydrogens is 424 g/mol. The largest absolute Gasteiger partial charge is 0.310 e. The summed E-state index contributed by atoms with van der Waals surface area (Å²) in [7, 11) is -4.02. The zero-order valence-corrected chi connectivity index (χ0v) is 18.0. The molecule has 1 heterocycles. The number of hydrogen-bond donors (Lipinski definition) is 2. The van der Waals surface area contributed by atoms with E-state index in [1.165, 1.54) is 16.8 Å². The van der Waals surface area contributed by atoms with Crippen molar-refractivity contribution in [2.75, 3.05) is 13.2 Å². The highest BCUT2D eigenvalue weighted by molar-refractivity contribution is 7.89. The highest BCUT2D eigenvalue weighted by Crippen LogP contribution is 2.20. The van der Waals surface area contributed by atoms with Gasteiger partial charge in [0.15, 0.2) is 5.82 Å². The number of rotatable bonds is 10. The molecule has 0 bridgehead atoms. The van der Waals surface area contributed by atoms with Crippen molar-refractivity contribution in [3.05, 3.63) is 71.1 Å². The zero-order valence-electron chi connectivity index (χ0n) is 17.2. The van der Waals surface area contributed by atoms with Gasteiger partial charge in [0.25, 0.3) is 0 Å². The molecule has 0 saturated carbocycles. The minimum Gasteiger partial charge on any atom is -0.310 e. The molecule has 0 aliphatic heterocycles. The summed E-state index contributed by atoms with van der Waals surface area (Å²) >= 11 is 0. The standard InChI is InChI=1S/C21H25F2N5O2S/c1-15-5-4-6-16(11-15)12-21-26-20(14-25-10-3-2-9-22)27-28(21)19-8-7-17(13-18(19)23)31(24,29)30/h4-8,11,13,25H,2-3,9-10,12,14H2,1H3,(H2,24,29,30). The van der Waals surface area contributed by atoms with Crippen LogP contribution in [0.2, 0.25) is 0 Å². The molecule has 3 N–H and O–H groups in total. The lowest BCUT2D eigenvalue weighted by atomic mass is 10.1. The molecule has 31 heavy (non-hydrogen) atoms. The third-order valence-electron chi connectivity index (χ3n) is 4.66. The topological polar surface area (TPSA) is 103 Å². The van der Waals surface area contributed by atoms with Gasteiger partial charge in [0.2, 0.25) is 10.0 Å². The maximum Gasteiger partial charge on any atom is 0.238 e. The average Bonchev–Trinajstić information content (AvgIpc) is 3.09. The van der Waals surface area contributed by atoms with Crippen molar-refractivity contribution in [2.24, 2.45) is 5.14 Å². The Morgan fingerprint density at radius 2 is 1.97 bits per heavy atom. The van der Waals surface area contributed by atoms with Gasteiger partial charge in [0.1, 0.15) is 17.3 Å². The molecule has 0 spiro atoms. The van der Waals surface area contributed by atoms with Gasteiger partial charge in [-0.25, -0.2) is 27.6 Å². The number of hydrogen-bond acceptors (Lipinski definition) is 5. The smallest absolute Gasteiger partial charge is 0.238 e. The van der Waals surface area contributed by atoms with E-state index < -0.39 is 15.8 Å². The molecule has 0 atom stereocenters. The second-order valence-electron chi connectivity index (χ2n) is 7.25. The molecule has 7 nitrogen and oxygen atoms in total. The molecule has 2 aromatic carbocycles. The molecule has 0 fully saturated rings. The average molecular weight is 450 g/mol. The van der Waals surface area contributed by atoms with Crippen LogP contribution in [-0.2, 0) is 23.0 Å². The minimum atomic E-state index is -4.02. The molecular formula is C21H25F2N5O2S. The first-order valence-electron chi connectivity index (χ1n) is 9.87. The van der Waals surface area contributed by atoms with Crippen LogP contribution in [0.25, 0.3) is 5.69 Å². The Balaban J connectivity index is 1.93. The lowest BCUT2D eigenvalue weighted by Gasteiger charge is -2.09. The first-order chi connectivity index (χ1) is 14.8. The van der Waals surface area contributed by atoms with Gasteiger partial charge in [-0.05, 0) is 50.1 Å². The van der Waals surface area contributed by atoms with Crippen molar-refractivity contribution >= 4 is 10.0 Å². The second-order valence-corrected chi connectivity index (χ2v) is 8.81. The number of nitrogens with zero attached hydrogens (tertiary/aromatic N) is 3. The Hall–Kier alpha value is -2.69. The lowest BCUT2D eigenvalue weighted by Crippen LogP contribution is -2.16.